The Hall–Kier alpha value is -3.08. The van der Waals surface area contributed by atoms with Gasteiger partial charge in [0.2, 0.25) is 0 Å². The molecule has 0 bridgehead atoms. The van der Waals surface area contributed by atoms with Gasteiger partial charge in [0.1, 0.15) is 5.75 Å². The Morgan fingerprint density at radius 3 is 2.35 bits per heavy atom. The molecule has 0 fully saturated rings. The van der Waals surface area contributed by atoms with E-state index in [9.17, 15) is 9.59 Å². The number of aromatic nitrogens is 1. The van der Waals surface area contributed by atoms with Crippen molar-refractivity contribution >= 4 is 22.7 Å². The molecule has 134 valence electrons. The van der Waals surface area contributed by atoms with Crippen LogP contribution in [0.2, 0.25) is 0 Å². The number of hydrogen-bond donors (Lipinski definition) is 1. The van der Waals surface area contributed by atoms with Gasteiger partial charge >= 0.3 is 0 Å². The van der Waals surface area contributed by atoms with Crippen LogP contribution >= 0.6 is 0 Å². The Bertz CT molecular complexity index is 969. The Morgan fingerprint density at radius 2 is 1.73 bits per heavy atom. The van der Waals surface area contributed by atoms with Gasteiger partial charge in [-0.25, -0.2) is 0 Å². The zero-order valence-electron chi connectivity index (χ0n) is 15.2. The molecular weight excluding hydrogens is 328 g/mol. The third kappa shape index (κ3) is 3.20. The monoisotopic (exact) mass is 350 g/mol. The first-order valence-electron chi connectivity index (χ1n) is 8.56. The maximum atomic E-state index is 12.7. The molecule has 0 spiro atoms. The summed E-state index contributed by atoms with van der Waals surface area (Å²) in [4.78, 5) is 24.6. The fourth-order valence-corrected chi connectivity index (χ4v) is 3.16. The molecule has 0 aliphatic heterocycles. The fourth-order valence-electron chi connectivity index (χ4n) is 3.16. The molecule has 1 aromatic heterocycles. The van der Waals surface area contributed by atoms with E-state index in [0.717, 1.165) is 0 Å². The fraction of sp³-hybridized carbons (Fsp3) is 0.238. The van der Waals surface area contributed by atoms with Gasteiger partial charge in [-0.2, -0.15) is 0 Å². The van der Waals surface area contributed by atoms with Gasteiger partial charge in [0.15, 0.2) is 6.61 Å². The second-order valence-corrected chi connectivity index (χ2v) is 6.58. The standard InChI is InChI=1S/C21H22N2O3/c1-13(2)15-8-10-16(11-9-15)26-12-19(24)23-14(3)20(21(22)25)17-6-4-5-7-18(17)23/h4-11,13H,12H2,1-3H3,(H2,22,25). The van der Waals surface area contributed by atoms with Gasteiger partial charge in [-0.05, 0) is 36.6 Å². The predicted octanol–water partition coefficient (Wildman–Crippen LogP) is 3.89. The third-order valence-electron chi connectivity index (χ3n) is 4.52. The van der Waals surface area contributed by atoms with Crippen LogP contribution in [-0.2, 0) is 0 Å². The van der Waals surface area contributed by atoms with E-state index in [1.54, 1.807) is 19.1 Å². The molecule has 1 amide bonds. The molecule has 5 heteroatoms. The van der Waals surface area contributed by atoms with Crippen LogP contribution in [0.3, 0.4) is 0 Å². The summed E-state index contributed by atoms with van der Waals surface area (Å²) in [5.41, 5.74) is 8.27. The predicted molar refractivity (Wildman–Crippen MR) is 102 cm³/mol. The van der Waals surface area contributed by atoms with Crippen LogP contribution in [0.25, 0.3) is 10.9 Å². The normalized spacial score (nSPS) is 11.1. The van der Waals surface area contributed by atoms with Crippen molar-refractivity contribution in [1.82, 2.24) is 4.57 Å². The second kappa shape index (κ2) is 7.04. The summed E-state index contributed by atoms with van der Waals surface area (Å²) in [7, 11) is 0. The first kappa shape index (κ1) is 17.7. The van der Waals surface area contributed by atoms with Crippen molar-refractivity contribution in [3.63, 3.8) is 0 Å². The smallest absolute Gasteiger partial charge is 0.269 e. The summed E-state index contributed by atoms with van der Waals surface area (Å²) < 4.78 is 7.14. The van der Waals surface area contributed by atoms with Gasteiger partial charge in [-0.1, -0.05) is 44.2 Å². The molecule has 0 saturated carbocycles. The highest BCUT2D eigenvalue weighted by Gasteiger charge is 2.21. The molecule has 0 radical (unpaired) electrons. The molecule has 1 heterocycles. The molecular formula is C21H22N2O3. The van der Waals surface area contributed by atoms with Crippen LogP contribution in [0, 0.1) is 6.92 Å². The molecule has 2 N–H and O–H groups in total. The zero-order valence-corrected chi connectivity index (χ0v) is 15.2. The van der Waals surface area contributed by atoms with E-state index in [1.807, 2.05) is 36.4 Å². The number of primary amides is 1. The van der Waals surface area contributed by atoms with Crippen LogP contribution in [-0.4, -0.2) is 23.0 Å². The van der Waals surface area contributed by atoms with Crippen molar-refractivity contribution in [2.24, 2.45) is 5.73 Å². The summed E-state index contributed by atoms with van der Waals surface area (Å²) in [5, 5.41) is 0.673. The molecule has 3 rings (SSSR count). The summed E-state index contributed by atoms with van der Waals surface area (Å²) in [6.07, 6.45) is 0. The number of benzene rings is 2. The van der Waals surface area contributed by atoms with E-state index in [2.05, 4.69) is 13.8 Å². The summed E-state index contributed by atoms with van der Waals surface area (Å²) in [6, 6.07) is 14.9. The van der Waals surface area contributed by atoms with E-state index in [1.165, 1.54) is 10.1 Å². The van der Waals surface area contributed by atoms with Crippen molar-refractivity contribution in [3.8, 4) is 5.75 Å². The van der Waals surface area contributed by atoms with E-state index >= 15 is 0 Å². The molecule has 2 aromatic carbocycles. The quantitative estimate of drug-likeness (QED) is 0.758. The van der Waals surface area contributed by atoms with Gasteiger partial charge in [0.25, 0.3) is 11.8 Å². The number of hydrogen-bond acceptors (Lipinski definition) is 3. The highest BCUT2D eigenvalue weighted by molar-refractivity contribution is 6.10. The van der Waals surface area contributed by atoms with Crippen LogP contribution in [0.4, 0.5) is 0 Å². The van der Waals surface area contributed by atoms with Crippen LogP contribution in [0.15, 0.2) is 48.5 Å². The molecule has 3 aromatic rings. The van der Waals surface area contributed by atoms with Crippen molar-refractivity contribution in [1.29, 1.82) is 0 Å². The number of carbonyl (C=O) groups excluding carboxylic acids is 2. The van der Waals surface area contributed by atoms with Gasteiger partial charge < -0.3 is 10.5 Å². The molecule has 26 heavy (non-hydrogen) atoms. The van der Waals surface area contributed by atoms with E-state index in [-0.39, 0.29) is 12.5 Å². The van der Waals surface area contributed by atoms with Crippen LogP contribution < -0.4 is 10.5 Å². The highest BCUT2D eigenvalue weighted by Crippen LogP contribution is 2.25. The topological polar surface area (TPSA) is 74.3 Å². The van der Waals surface area contributed by atoms with Crippen molar-refractivity contribution < 1.29 is 14.3 Å². The van der Waals surface area contributed by atoms with E-state index in [0.29, 0.717) is 33.8 Å². The number of nitrogens with two attached hydrogens (primary N) is 1. The van der Waals surface area contributed by atoms with Gasteiger partial charge in [0.05, 0.1) is 11.1 Å². The molecule has 0 unspecified atom stereocenters. The Kier molecular flexibility index (Phi) is 4.80. The SMILES string of the molecule is Cc1c(C(N)=O)c2ccccc2n1C(=O)COc1ccc(C(C)C)cc1. The number of ether oxygens (including phenoxy) is 1. The Morgan fingerprint density at radius 1 is 1.08 bits per heavy atom. The average Bonchev–Trinajstić information content (AvgIpc) is 2.92. The van der Waals surface area contributed by atoms with Gasteiger partial charge in [0, 0.05) is 11.1 Å². The van der Waals surface area contributed by atoms with Crippen molar-refractivity contribution in [3.05, 3.63) is 65.4 Å². The molecule has 0 aliphatic rings. The van der Waals surface area contributed by atoms with E-state index < -0.39 is 5.91 Å². The summed E-state index contributed by atoms with van der Waals surface area (Å²) >= 11 is 0. The average molecular weight is 350 g/mol. The Labute approximate surface area is 152 Å². The minimum absolute atomic E-state index is 0.126. The number of rotatable bonds is 5. The minimum Gasteiger partial charge on any atom is -0.484 e. The van der Waals surface area contributed by atoms with Crippen molar-refractivity contribution in [2.45, 2.75) is 26.7 Å². The third-order valence-corrected chi connectivity index (χ3v) is 4.52. The summed E-state index contributed by atoms with van der Waals surface area (Å²) in [6.45, 7) is 5.83. The van der Waals surface area contributed by atoms with Crippen LogP contribution in [0.1, 0.15) is 46.2 Å². The molecule has 5 nitrogen and oxygen atoms in total. The second-order valence-electron chi connectivity index (χ2n) is 6.58. The molecule has 0 atom stereocenters. The minimum atomic E-state index is -0.546. The van der Waals surface area contributed by atoms with E-state index in [4.69, 9.17) is 10.5 Å². The number of nitrogens with zero attached hydrogens (tertiary/aromatic N) is 1. The first-order chi connectivity index (χ1) is 12.4. The highest BCUT2D eigenvalue weighted by atomic mass is 16.5. The number of para-hydroxylation sites is 1. The number of carbonyl (C=O) groups is 2. The molecule has 0 saturated heterocycles. The lowest BCUT2D eigenvalue weighted by molar-refractivity contribution is 0.0841. The lowest BCUT2D eigenvalue weighted by atomic mass is 10.0. The van der Waals surface area contributed by atoms with Crippen LogP contribution in [0.5, 0.6) is 5.75 Å². The maximum absolute atomic E-state index is 12.7. The maximum Gasteiger partial charge on any atom is 0.269 e. The van der Waals surface area contributed by atoms with Gasteiger partial charge in [-0.3, -0.25) is 14.2 Å². The molecule has 0 aliphatic carbocycles. The van der Waals surface area contributed by atoms with Gasteiger partial charge in [-0.15, -0.1) is 0 Å². The lowest BCUT2D eigenvalue weighted by Crippen LogP contribution is -2.21. The lowest BCUT2D eigenvalue weighted by Gasteiger charge is -2.10. The zero-order chi connectivity index (χ0) is 18.8. The summed E-state index contributed by atoms with van der Waals surface area (Å²) in [5.74, 6) is 0.272. The Balaban J connectivity index is 1.86. The van der Waals surface area contributed by atoms with Crippen molar-refractivity contribution in [2.75, 3.05) is 6.61 Å². The largest absolute Gasteiger partial charge is 0.484 e. The number of fused-ring (bicyclic) bond motifs is 1. The number of amides is 1. The first-order valence-corrected chi connectivity index (χ1v) is 8.56.